The first-order chi connectivity index (χ1) is 7.81. The van der Waals surface area contributed by atoms with Gasteiger partial charge in [0.2, 0.25) is 0 Å². The molecule has 0 aliphatic rings. The minimum atomic E-state index is 0.301. The Hall–Kier alpha value is -2.35. The Morgan fingerprint density at radius 1 is 1.44 bits per heavy atom. The summed E-state index contributed by atoms with van der Waals surface area (Å²) in [7, 11) is 1.79. The smallest absolute Gasteiger partial charge is 0.164 e. The topological polar surface area (TPSA) is 63.7 Å². The molecule has 0 radical (unpaired) electrons. The van der Waals surface area contributed by atoms with E-state index in [0.717, 1.165) is 0 Å². The van der Waals surface area contributed by atoms with Gasteiger partial charge in [0.15, 0.2) is 5.82 Å². The molecule has 0 N–H and O–H groups in total. The first-order valence-electron chi connectivity index (χ1n) is 4.76. The van der Waals surface area contributed by atoms with E-state index >= 15 is 0 Å². The van der Waals surface area contributed by atoms with Gasteiger partial charge >= 0.3 is 0 Å². The van der Waals surface area contributed by atoms with Gasteiger partial charge in [-0.3, -0.25) is 4.68 Å². The quantitative estimate of drug-likeness (QED) is 0.771. The van der Waals surface area contributed by atoms with Gasteiger partial charge in [-0.15, -0.1) is 0 Å². The van der Waals surface area contributed by atoms with Crippen molar-refractivity contribution in [2.45, 2.75) is 6.61 Å². The van der Waals surface area contributed by atoms with Crippen molar-refractivity contribution in [3.63, 3.8) is 0 Å². The van der Waals surface area contributed by atoms with E-state index in [1.54, 1.807) is 29.9 Å². The van der Waals surface area contributed by atoms with Crippen molar-refractivity contribution < 1.29 is 4.74 Å². The SMILES string of the molecule is Cn1ncnc1COc1ccccc1C#N. The summed E-state index contributed by atoms with van der Waals surface area (Å²) < 4.78 is 7.14. The monoisotopic (exact) mass is 214 g/mol. The van der Waals surface area contributed by atoms with E-state index in [-0.39, 0.29) is 0 Å². The lowest BCUT2D eigenvalue weighted by atomic mass is 10.2. The molecule has 0 aliphatic carbocycles. The fourth-order valence-corrected chi connectivity index (χ4v) is 1.28. The van der Waals surface area contributed by atoms with Crippen LogP contribution in [-0.4, -0.2) is 14.8 Å². The molecule has 0 fully saturated rings. The third kappa shape index (κ3) is 2.01. The Bertz CT molecular complexity index is 527. The summed E-state index contributed by atoms with van der Waals surface area (Å²) in [6.07, 6.45) is 1.47. The third-order valence-corrected chi connectivity index (χ3v) is 2.17. The van der Waals surface area contributed by atoms with Gasteiger partial charge in [-0.2, -0.15) is 10.4 Å². The molecule has 80 valence electrons. The zero-order valence-corrected chi connectivity index (χ0v) is 8.79. The summed E-state index contributed by atoms with van der Waals surface area (Å²) >= 11 is 0. The van der Waals surface area contributed by atoms with E-state index in [1.165, 1.54) is 6.33 Å². The van der Waals surface area contributed by atoms with Gasteiger partial charge in [0.1, 0.15) is 24.8 Å². The van der Waals surface area contributed by atoms with Crippen LogP contribution in [0.5, 0.6) is 5.75 Å². The predicted octanol–water partition coefficient (Wildman–Crippen LogP) is 1.27. The first kappa shape index (κ1) is 10.2. The van der Waals surface area contributed by atoms with Crippen LogP contribution < -0.4 is 4.74 Å². The van der Waals surface area contributed by atoms with E-state index in [1.807, 2.05) is 6.07 Å². The Kier molecular flexibility index (Phi) is 2.83. The molecule has 2 aromatic rings. The zero-order valence-electron chi connectivity index (χ0n) is 8.79. The molecular weight excluding hydrogens is 204 g/mol. The fraction of sp³-hybridized carbons (Fsp3) is 0.182. The lowest BCUT2D eigenvalue weighted by molar-refractivity contribution is 0.289. The molecule has 0 amide bonds. The van der Waals surface area contributed by atoms with Crippen LogP contribution in [0.2, 0.25) is 0 Å². The van der Waals surface area contributed by atoms with Crippen LogP contribution in [0.4, 0.5) is 0 Å². The van der Waals surface area contributed by atoms with Crippen LogP contribution in [0, 0.1) is 11.3 Å². The van der Waals surface area contributed by atoms with E-state index < -0.39 is 0 Å². The van der Waals surface area contributed by atoms with Gasteiger partial charge in [-0.1, -0.05) is 12.1 Å². The average Bonchev–Trinajstić information content (AvgIpc) is 2.72. The van der Waals surface area contributed by atoms with Gasteiger partial charge in [0, 0.05) is 7.05 Å². The van der Waals surface area contributed by atoms with Crippen molar-refractivity contribution >= 4 is 0 Å². The highest BCUT2D eigenvalue weighted by Crippen LogP contribution is 2.17. The van der Waals surface area contributed by atoms with Crippen LogP contribution in [0.25, 0.3) is 0 Å². The molecule has 0 aliphatic heterocycles. The van der Waals surface area contributed by atoms with Crippen LogP contribution >= 0.6 is 0 Å². The maximum absolute atomic E-state index is 8.87. The average molecular weight is 214 g/mol. The van der Waals surface area contributed by atoms with Gasteiger partial charge < -0.3 is 4.74 Å². The first-order valence-corrected chi connectivity index (χ1v) is 4.76. The summed E-state index contributed by atoms with van der Waals surface area (Å²) in [6.45, 7) is 0.301. The maximum Gasteiger partial charge on any atom is 0.164 e. The molecule has 16 heavy (non-hydrogen) atoms. The minimum Gasteiger partial charge on any atom is -0.484 e. The zero-order chi connectivity index (χ0) is 11.4. The standard InChI is InChI=1S/C11H10N4O/c1-15-11(13-8-14-15)7-16-10-5-3-2-4-9(10)6-12/h2-5,8H,7H2,1H3. The van der Waals surface area contributed by atoms with Crippen molar-refractivity contribution in [3.05, 3.63) is 42.0 Å². The van der Waals surface area contributed by atoms with Crippen LogP contribution in [0.1, 0.15) is 11.4 Å². The van der Waals surface area contributed by atoms with Gasteiger partial charge in [0.25, 0.3) is 0 Å². The summed E-state index contributed by atoms with van der Waals surface area (Å²) in [4.78, 5) is 4.03. The van der Waals surface area contributed by atoms with E-state index in [4.69, 9.17) is 10.00 Å². The molecule has 0 bridgehead atoms. The summed E-state index contributed by atoms with van der Waals surface area (Å²) in [5.74, 6) is 1.28. The Morgan fingerprint density at radius 3 is 2.94 bits per heavy atom. The Morgan fingerprint density at radius 2 is 2.25 bits per heavy atom. The molecule has 1 aromatic carbocycles. The number of nitrogens with zero attached hydrogens (tertiary/aromatic N) is 4. The molecule has 0 spiro atoms. The molecule has 0 saturated heterocycles. The van der Waals surface area contributed by atoms with Crippen LogP contribution in [0.15, 0.2) is 30.6 Å². The molecule has 1 heterocycles. The van der Waals surface area contributed by atoms with Crippen molar-refractivity contribution in [1.82, 2.24) is 14.8 Å². The normalized spacial score (nSPS) is 9.75. The predicted molar refractivity (Wildman–Crippen MR) is 56.5 cm³/mol. The van der Waals surface area contributed by atoms with E-state index in [9.17, 15) is 0 Å². The molecule has 0 saturated carbocycles. The number of hydrogen-bond donors (Lipinski definition) is 0. The number of nitriles is 1. The highest BCUT2D eigenvalue weighted by atomic mass is 16.5. The Labute approximate surface area is 92.9 Å². The molecule has 5 nitrogen and oxygen atoms in total. The number of aryl methyl sites for hydroxylation is 1. The van der Waals surface area contributed by atoms with Crippen LogP contribution in [-0.2, 0) is 13.7 Å². The molecule has 1 aromatic heterocycles. The number of benzene rings is 1. The van der Waals surface area contributed by atoms with Crippen molar-refractivity contribution in [2.75, 3.05) is 0 Å². The molecular formula is C11H10N4O. The fourth-order valence-electron chi connectivity index (χ4n) is 1.28. The summed E-state index contributed by atoms with van der Waals surface area (Å²) in [5, 5.41) is 12.8. The van der Waals surface area contributed by atoms with Crippen LogP contribution in [0.3, 0.4) is 0 Å². The summed E-state index contributed by atoms with van der Waals surface area (Å²) in [6, 6.07) is 9.17. The maximum atomic E-state index is 8.87. The van der Waals surface area contributed by atoms with Gasteiger partial charge in [-0.05, 0) is 12.1 Å². The highest BCUT2D eigenvalue weighted by molar-refractivity contribution is 5.42. The van der Waals surface area contributed by atoms with E-state index in [2.05, 4.69) is 16.2 Å². The second-order valence-corrected chi connectivity index (χ2v) is 3.20. The van der Waals surface area contributed by atoms with Crippen molar-refractivity contribution in [1.29, 1.82) is 5.26 Å². The minimum absolute atomic E-state index is 0.301. The second-order valence-electron chi connectivity index (χ2n) is 3.20. The molecule has 2 rings (SSSR count). The van der Waals surface area contributed by atoms with Crippen molar-refractivity contribution in [2.24, 2.45) is 7.05 Å². The Balaban J connectivity index is 2.11. The molecule has 0 atom stereocenters. The number of hydrogen-bond acceptors (Lipinski definition) is 4. The number of aromatic nitrogens is 3. The van der Waals surface area contributed by atoms with E-state index in [0.29, 0.717) is 23.7 Å². The van der Waals surface area contributed by atoms with Crippen molar-refractivity contribution in [3.8, 4) is 11.8 Å². The number of ether oxygens (including phenoxy) is 1. The summed E-state index contributed by atoms with van der Waals surface area (Å²) in [5.41, 5.74) is 0.518. The lowest BCUT2D eigenvalue weighted by Crippen LogP contribution is -2.05. The highest BCUT2D eigenvalue weighted by Gasteiger charge is 2.04. The number of rotatable bonds is 3. The largest absolute Gasteiger partial charge is 0.484 e. The van der Waals surface area contributed by atoms with Gasteiger partial charge in [-0.25, -0.2) is 4.98 Å². The number of para-hydroxylation sites is 1. The molecule has 5 heteroatoms. The lowest BCUT2D eigenvalue weighted by Gasteiger charge is -2.06. The molecule has 0 unspecified atom stereocenters. The second kappa shape index (κ2) is 4.45. The third-order valence-electron chi connectivity index (χ3n) is 2.17. The van der Waals surface area contributed by atoms with Gasteiger partial charge in [0.05, 0.1) is 5.56 Å².